The SMILES string of the molecule is CC(C)N1CC(NCc2ccccc2)=C(c2ccccc2)S1. The van der Waals surface area contributed by atoms with Crippen molar-refractivity contribution in [2.45, 2.75) is 26.4 Å². The standard InChI is InChI=1S/C19H22N2S/c1-15(2)21-14-18(20-13-16-9-5-3-6-10-16)19(22-21)17-11-7-4-8-12-17/h3-12,15,20H,13-14H2,1-2H3. The van der Waals surface area contributed by atoms with E-state index in [1.165, 1.54) is 21.7 Å². The second kappa shape index (κ2) is 7.03. The van der Waals surface area contributed by atoms with E-state index in [0.29, 0.717) is 6.04 Å². The summed E-state index contributed by atoms with van der Waals surface area (Å²) in [5.74, 6) is 0. The van der Waals surface area contributed by atoms with Gasteiger partial charge in [0.15, 0.2) is 0 Å². The Labute approximate surface area is 137 Å². The van der Waals surface area contributed by atoms with Crippen LogP contribution in [0.1, 0.15) is 25.0 Å². The Balaban J connectivity index is 1.80. The van der Waals surface area contributed by atoms with Crippen LogP contribution in [0.5, 0.6) is 0 Å². The van der Waals surface area contributed by atoms with Crippen LogP contribution >= 0.6 is 11.9 Å². The summed E-state index contributed by atoms with van der Waals surface area (Å²) in [5, 5.41) is 3.65. The van der Waals surface area contributed by atoms with Crippen molar-refractivity contribution in [3.05, 3.63) is 77.5 Å². The van der Waals surface area contributed by atoms with Gasteiger partial charge in [-0.15, -0.1) is 0 Å². The highest BCUT2D eigenvalue weighted by Crippen LogP contribution is 2.40. The van der Waals surface area contributed by atoms with Gasteiger partial charge in [-0.25, -0.2) is 4.31 Å². The Hall–Kier alpha value is -1.71. The molecular weight excluding hydrogens is 288 g/mol. The molecule has 0 fully saturated rings. The molecule has 0 saturated carbocycles. The maximum Gasteiger partial charge on any atom is 0.0506 e. The molecule has 22 heavy (non-hydrogen) atoms. The number of nitrogens with one attached hydrogen (secondary N) is 1. The predicted octanol–water partition coefficient (Wildman–Crippen LogP) is 4.52. The van der Waals surface area contributed by atoms with Crippen molar-refractivity contribution in [1.82, 2.24) is 9.62 Å². The van der Waals surface area contributed by atoms with E-state index in [1.54, 1.807) is 0 Å². The topological polar surface area (TPSA) is 15.3 Å². The molecule has 0 amide bonds. The molecule has 0 saturated heterocycles. The molecule has 2 aromatic carbocycles. The quantitative estimate of drug-likeness (QED) is 0.818. The summed E-state index contributed by atoms with van der Waals surface area (Å²) in [6.45, 7) is 6.34. The molecule has 0 aliphatic carbocycles. The molecule has 3 rings (SSSR count). The maximum absolute atomic E-state index is 3.65. The van der Waals surface area contributed by atoms with E-state index in [2.05, 4.69) is 84.1 Å². The molecule has 3 heteroatoms. The zero-order valence-corrected chi connectivity index (χ0v) is 13.9. The maximum atomic E-state index is 3.65. The van der Waals surface area contributed by atoms with Crippen molar-refractivity contribution in [3.8, 4) is 0 Å². The number of hydrogen-bond acceptors (Lipinski definition) is 3. The first-order chi connectivity index (χ1) is 10.7. The van der Waals surface area contributed by atoms with Gasteiger partial charge in [-0.3, -0.25) is 0 Å². The monoisotopic (exact) mass is 310 g/mol. The van der Waals surface area contributed by atoms with Gasteiger partial charge in [0.25, 0.3) is 0 Å². The number of benzene rings is 2. The van der Waals surface area contributed by atoms with E-state index < -0.39 is 0 Å². The van der Waals surface area contributed by atoms with Crippen LogP contribution in [0, 0.1) is 0 Å². The molecule has 0 radical (unpaired) electrons. The lowest BCUT2D eigenvalue weighted by Gasteiger charge is -2.19. The third-order valence-corrected chi connectivity index (χ3v) is 5.21. The zero-order valence-electron chi connectivity index (χ0n) is 13.1. The van der Waals surface area contributed by atoms with Gasteiger partial charge in [0.05, 0.1) is 11.4 Å². The van der Waals surface area contributed by atoms with E-state index in [-0.39, 0.29) is 0 Å². The molecule has 0 spiro atoms. The highest BCUT2D eigenvalue weighted by molar-refractivity contribution is 8.06. The fraction of sp³-hybridized carbons (Fsp3) is 0.263. The molecule has 2 aromatic rings. The highest BCUT2D eigenvalue weighted by Gasteiger charge is 2.25. The van der Waals surface area contributed by atoms with Crippen LogP contribution in [0.3, 0.4) is 0 Å². The van der Waals surface area contributed by atoms with Crippen LogP contribution in [0.15, 0.2) is 66.4 Å². The Morgan fingerprint density at radius 1 is 1.00 bits per heavy atom. The molecule has 0 bridgehead atoms. The smallest absolute Gasteiger partial charge is 0.0506 e. The van der Waals surface area contributed by atoms with E-state index in [1.807, 2.05) is 11.9 Å². The molecule has 2 nitrogen and oxygen atoms in total. The summed E-state index contributed by atoms with van der Waals surface area (Å²) >= 11 is 1.87. The summed E-state index contributed by atoms with van der Waals surface area (Å²) in [4.78, 5) is 1.35. The molecule has 1 aliphatic rings. The van der Waals surface area contributed by atoms with Crippen LogP contribution < -0.4 is 5.32 Å². The second-order valence-electron chi connectivity index (χ2n) is 5.77. The van der Waals surface area contributed by atoms with Gasteiger partial charge in [0.1, 0.15) is 0 Å². The van der Waals surface area contributed by atoms with Crippen LogP contribution in [0.2, 0.25) is 0 Å². The lowest BCUT2D eigenvalue weighted by atomic mass is 10.1. The molecule has 0 aromatic heterocycles. The molecule has 0 unspecified atom stereocenters. The summed E-state index contributed by atoms with van der Waals surface area (Å²) in [6.07, 6.45) is 0. The van der Waals surface area contributed by atoms with Crippen LogP contribution in [-0.4, -0.2) is 16.9 Å². The van der Waals surface area contributed by atoms with E-state index in [9.17, 15) is 0 Å². The van der Waals surface area contributed by atoms with Crippen LogP contribution in [0.4, 0.5) is 0 Å². The van der Waals surface area contributed by atoms with E-state index in [0.717, 1.165) is 13.1 Å². The molecule has 0 atom stereocenters. The number of rotatable bonds is 5. The first-order valence-electron chi connectivity index (χ1n) is 7.75. The molecule has 1 N–H and O–H groups in total. The van der Waals surface area contributed by atoms with Gasteiger partial charge in [0, 0.05) is 18.3 Å². The number of hydrogen-bond donors (Lipinski definition) is 1. The van der Waals surface area contributed by atoms with Gasteiger partial charge in [-0.2, -0.15) is 0 Å². The molecule has 1 heterocycles. The normalized spacial score (nSPS) is 15.6. The number of nitrogens with zero attached hydrogens (tertiary/aromatic N) is 1. The second-order valence-corrected chi connectivity index (χ2v) is 6.83. The predicted molar refractivity (Wildman–Crippen MR) is 96.1 cm³/mol. The minimum Gasteiger partial charge on any atom is -0.382 e. The Morgan fingerprint density at radius 2 is 1.64 bits per heavy atom. The van der Waals surface area contributed by atoms with Crippen molar-refractivity contribution in [2.24, 2.45) is 0 Å². The van der Waals surface area contributed by atoms with Gasteiger partial charge >= 0.3 is 0 Å². The van der Waals surface area contributed by atoms with E-state index in [4.69, 9.17) is 0 Å². The van der Waals surface area contributed by atoms with Gasteiger partial charge < -0.3 is 5.32 Å². The lowest BCUT2D eigenvalue weighted by molar-refractivity contribution is 0.425. The van der Waals surface area contributed by atoms with Crippen molar-refractivity contribution in [2.75, 3.05) is 6.54 Å². The third kappa shape index (κ3) is 3.54. The Kier molecular flexibility index (Phi) is 4.86. The minimum absolute atomic E-state index is 0.528. The fourth-order valence-corrected chi connectivity index (χ4v) is 3.60. The van der Waals surface area contributed by atoms with Gasteiger partial charge in [-0.05, 0) is 36.9 Å². The first-order valence-corrected chi connectivity index (χ1v) is 8.52. The zero-order chi connectivity index (χ0) is 15.4. The average Bonchev–Trinajstić information content (AvgIpc) is 2.99. The van der Waals surface area contributed by atoms with Crippen molar-refractivity contribution in [1.29, 1.82) is 0 Å². The van der Waals surface area contributed by atoms with Crippen molar-refractivity contribution in [3.63, 3.8) is 0 Å². The summed E-state index contributed by atoms with van der Waals surface area (Å²) in [7, 11) is 0. The van der Waals surface area contributed by atoms with Crippen molar-refractivity contribution >= 4 is 16.9 Å². The third-order valence-electron chi connectivity index (χ3n) is 3.76. The summed E-state index contributed by atoms with van der Waals surface area (Å²) < 4.78 is 2.43. The van der Waals surface area contributed by atoms with Gasteiger partial charge in [0.2, 0.25) is 0 Å². The molecule has 114 valence electrons. The first kappa shape index (κ1) is 15.2. The fourth-order valence-electron chi connectivity index (χ4n) is 2.48. The summed E-state index contributed by atoms with van der Waals surface area (Å²) in [5.41, 5.74) is 3.94. The largest absolute Gasteiger partial charge is 0.382 e. The lowest BCUT2D eigenvalue weighted by Crippen LogP contribution is -2.25. The van der Waals surface area contributed by atoms with E-state index >= 15 is 0 Å². The average molecular weight is 310 g/mol. The Morgan fingerprint density at radius 3 is 2.27 bits per heavy atom. The van der Waals surface area contributed by atoms with Crippen LogP contribution in [0.25, 0.3) is 4.91 Å². The van der Waals surface area contributed by atoms with Crippen LogP contribution in [-0.2, 0) is 6.54 Å². The highest BCUT2D eigenvalue weighted by atomic mass is 32.2. The minimum atomic E-state index is 0.528. The van der Waals surface area contributed by atoms with Gasteiger partial charge in [-0.1, -0.05) is 60.7 Å². The molecular formula is C19H22N2S. The summed E-state index contributed by atoms with van der Waals surface area (Å²) in [6, 6.07) is 21.8. The Bertz CT molecular complexity index is 635. The molecule has 1 aliphatic heterocycles. The van der Waals surface area contributed by atoms with Crippen molar-refractivity contribution < 1.29 is 0 Å².